The maximum absolute atomic E-state index is 13.1. The van der Waals surface area contributed by atoms with Crippen LogP contribution in [0.1, 0.15) is 57.0 Å². The second-order valence-electron chi connectivity index (χ2n) is 12.7. The van der Waals surface area contributed by atoms with Crippen molar-refractivity contribution in [3.05, 3.63) is 77.9 Å². The van der Waals surface area contributed by atoms with Gasteiger partial charge in [-0.3, -0.25) is 19.4 Å². The summed E-state index contributed by atoms with van der Waals surface area (Å²) in [5.74, 6) is -0.135. The number of hydrogen-bond acceptors (Lipinski definition) is 9. The van der Waals surface area contributed by atoms with E-state index in [9.17, 15) is 19.2 Å². The average Bonchev–Trinajstić information content (AvgIpc) is 3.85. The van der Waals surface area contributed by atoms with Crippen LogP contribution >= 0.6 is 0 Å². The van der Waals surface area contributed by atoms with E-state index in [1.54, 1.807) is 72.9 Å². The minimum absolute atomic E-state index is 0.00572. The molecule has 2 aromatic heterocycles. The molecule has 0 spiro atoms. The van der Waals surface area contributed by atoms with E-state index in [0.717, 1.165) is 24.0 Å². The molecule has 0 aliphatic carbocycles. The van der Waals surface area contributed by atoms with E-state index in [-0.39, 0.29) is 43.4 Å². The lowest BCUT2D eigenvalue weighted by molar-refractivity contribution is -0.116. The number of aromatic nitrogens is 2. The van der Waals surface area contributed by atoms with Crippen LogP contribution < -0.4 is 25.4 Å². The van der Waals surface area contributed by atoms with Crippen molar-refractivity contribution in [3.63, 3.8) is 0 Å². The number of carbonyl (C=O) groups is 4. The monoisotopic (exact) mass is 709 g/mol. The molecular formula is C38H43N7O7. The predicted molar refractivity (Wildman–Crippen MR) is 197 cm³/mol. The van der Waals surface area contributed by atoms with E-state index in [4.69, 9.17) is 14.2 Å². The number of nitrogens with zero attached hydrogens (tertiary/aromatic N) is 4. The second kappa shape index (κ2) is 16.0. The summed E-state index contributed by atoms with van der Waals surface area (Å²) in [6.07, 6.45) is 7.81. The zero-order chi connectivity index (χ0) is 36.8. The van der Waals surface area contributed by atoms with Crippen LogP contribution in [0.25, 0.3) is 11.1 Å². The predicted octanol–water partition coefficient (Wildman–Crippen LogP) is 4.79. The highest BCUT2D eigenvalue weighted by molar-refractivity contribution is 6.05. The molecule has 14 nitrogen and oxygen atoms in total. The quantitative estimate of drug-likeness (QED) is 0.125. The van der Waals surface area contributed by atoms with Crippen LogP contribution in [0, 0.1) is 0 Å². The minimum atomic E-state index is -0.395. The molecule has 6 rings (SSSR count). The molecule has 0 unspecified atom stereocenters. The van der Waals surface area contributed by atoms with Crippen LogP contribution in [0.3, 0.4) is 0 Å². The third-order valence-corrected chi connectivity index (χ3v) is 9.06. The molecule has 3 N–H and O–H groups in total. The van der Waals surface area contributed by atoms with E-state index < -0.39 is 5.97 Å². The molecule has 4 aromatic rings. The van der Waals surface area contributed by atoms with Gasteiger partial charge in [-0.25, -0.2) is 4.79 Å². The van der Waals surface area contributed by atoms with Crippen LogP contribution in [-0.4, -0.2) is 90.4 Å². The molecule has 3 amide bonds. The first-order chi connectivity index (χ1) is 25.1. The molecule has 1 atom stereocenters. The molecule has 2 aromatic carbocycles. The largest absolute Gasteiger partial charge is 0.493 e. The fourth-order valence-corrected chi connectivity index (χ4v) is 6.30. The summed E-state index contributed by atoms with van der Waals surface area (Å²) in [6, 6.07) is 14.1. The van der Waals surface area contributed by atoms with Gasteiger partial charge in [0, 0.05) is 69.5 Å². The van der Waals surface area contributed by atoms with Crippen LogP contribution in [0.4, 0.5) is 17.1 Å². The molecule has 4 heterocycles. The lowest BCUT2D eigenvalue weighted by Gasteiger charge is -2.20. The first-order valence-electron chi connectivity index (χ1n) is 17.2. The summed E-state index contributed by atoms with van der Waals surface area (Å²) < 4.78 is 20.1. The van der Waals surface area contributed by atoms with Crippen molar-refractivity contribution in [2.24, 2.45) is 19.1 Å². The van der Waals surface area contributed by atoms with Gasteiger partial charge in [-0.1, -0.05) is 12.1 Å². The second-order valence-corrected chi connectivity index (χ2v) is 12.7. The third kappa shape index (κ3) is 8.02. The number of anilines is 2. The summed E-state index contributed by atoms with van der Waals surface area (Å²) in [6.45, 7) is 1.80. The van der Waals surface area contributed by atoms with E-state index in [2.05, 4.69) is 20.9 Å². The van der Waals surface area contributed by atoms with Gasteiger partial charge >= 0.3 is 5.97 Å². The molecule has 272 valence electrons. The molecule has 2 aliphatic rings. The highest BCUT2D eigenvalue weighted by Gasteiger charge is 2.32. The highest BCUT2D eigenvalue weighted by atomic mass is 16.5. The van der Waals surface area contributed by atoms with Crippen molar-refractivity contribution in [1.29, 1.82) is 0 Å². The van der Waals surface area contributed by atoms with Gasteiger partial charge < -0.3 is 44.2 Å². The number of aliphatic imine (C=N–C) groups is 1. The number of amides is 3. The molecule has 14 heteroatoms. The van der Waals surface area contributed by atoms with Crippen molar-refractivity contribution in [2.75, 3.05) is 51.1 Å². The molecule has 0 radical (unpaired) electrons. The van der Waals surface area contributed by atoms with E-state index in [1.807, 2.05) is 29.4 Å². The summed E-state index contributed by atoms with van der Waals surface area (Å²) in [5, 5.41) is 8.68. The van der Waals surface area contributed by atoms with Crippen molar-refractivity contribution >= 4 is 47.0 Å². The Bertz CT molecular complexity index is 2000. The van der Waals surface area contributed by atoms with Gasteiger partial charge in [-0.05, 0) is 62.2 Å². The summed E-state index contributed by atoms with van der Waals surface area (Å²) in [4.78, 5) is 57.8. The average molecular weight is 710 g/mol. The lowest BCUT2D eigenvalue weighted by atomic mass is 10.1. The Kier molecular flexibility index (Phi) is 11.0. The van der Waals surface area contributed by atoms with E-state index >= 15 is 0 Å². The number of nitrogens with one attached hydrogen (secondary N) is 3. The number of rotatable bonds is 14. The van der Waals surface area contributed by atoms with Crippen LogP contribution in [0.15, 0.2) is 65.9 Å². The Labute approximate surface area is 301 Å². The molecule has 2 aliphatic heterocycles. The highest BCUT2D eigenvalue weighted by Crippen LogP contribution is 2.38. The molecule has 52 heavy (non-hydrogen) atoms. The lowest BCUT2D eigenvalue weighted by Crippen LogP contribution is -2.35. The molecular weight excluding hydrogens is 666 g/mol. The number of fused-ring (bicyclic) bond motifs is 2. The standard InChI is InChI=1S/C38H43N7O7/c1-39-13-16-52-38(49)32-17-25(22-43(32)2)24-9-11-26(12-10-24)42-36(47)31-18-27(23-44(31)3)41-35(46)8-6-15-51-34-20-30-29(19-33(34)50-4)37(48)45-14-5-7-28(45)21-40-30/h9-12,17-23,28,39H,5-8,13-16H2,1-4H3,(H,41,46)(H,42,47)/t28-/m1/s1. The Morgan fingerprint density at radius 2 is 1.69 bits per heavy atom. The van der Waals surface area contributed by atoms with Crippen LogP contribution in [0.5, 0.6) is 11.5 Å². The number of ether oxygens (including phenoxy) is 3. The Hall–Kier alpha value is -5.89. The van der Waals surface area contributed by atoms with Crippen molar-refractivity contribution in [2.45, 2.75) is 31.7 Å². The SMILES string of the molecule is CNCCOC(=O)c1cc(-c2ccc(NC(=O)c3cc(NC(=O)CCCOc4cc5c(cc4OC)C(=O)N4CCC[C@@H]4C=N5)cn3C)cc2)cn1C. The van der Waals surface area contributed by atoms with Gasteiger partial charge in [-0.15, -0.1) is 0 Å². The zero-order valence-electron chi connectivity index (χ0n) is 29.7. The Morgan fingerprint density at radius 3 is 2.46 bits per heavy atom. The molecule has 0 bridgehead atoms. The number of likely N-dealkylation sites (N-methyl/N-ethyl adjacent to an activating group) is 1. The van der Waals surface area contributed by atoms with Gasteiger partial charge in [0.25, 0.3) is 11.8 Å². The van der Waals surface area contributed by atoms with Crippen LogP contribution in [0.2, 0.25) is 0 Å². The third-order valence-electron chi connectivity index (χ3n) is 9.06. The maximum Gasteiger partial charge on any atom is 0.355 e. The van der Waals surface area contributed by atoms with Gasteiger partial charge in [-0.2, -0.15) is 0 Å². The number of esters is 1. The number of benzene rings is 2. The molecule has 1 saturated heterocycles. The van der Waals surface area contributed by atoms with Gasteiger partial charge in [0.2, 0.25) is 5.91 Å². The topological polar surface area (TPSA) is 158 Å². The van der Waals surface area contributed by atoms with Gasteiger partial charge in [0.15, 0.2) is 11.5 Å². The zero-order valence-corrected chi connectivity index (χ0v) is 29.7. The number of carbonyl (C=O) groups excluding carboxylic acids is 4. The summed E-state index contributed by atoms with van der Waals surface area (Å²) in [5.41, 5.74) is 4.64. The van der Waals surface area contributed by atoms with Crippen molar-refractivity contribution in [1.82, 2.24) is 19.4 Å². The summed E-state index contributed by atoms with van der Waals surface area (Å²) in [7, 11) is 6.83. The number of hydrogen-bond donors (Lipinski definition) is 3. The fraction of sp³-hybridized carbons (Fsp3) is 0.342. The normalized spacial score (nSPS) is 14.7. The first-order valence-corrected chi connectivity index (χ1v) is 17.2. The van der Waals surface area contributed by atoms with Crippen LogP contribution in [-0.2, 0) is 23.6 Å². The molecule has 1 fully saturated rings. The van der Waals surface area contributed by atoms with E-state index in [0.29, 0.717) is 65.0 Å². The first kappa shape index (κ1) is 35.9. The van der Waals surface area contributed by atoms with Gasteiger partial charge in [0.1, 0.15) is 18.0 Å². The van der Waals surface area contributed by atoms with Gasteiger partial charge in [0.05, 0.1) is 36.7 Å². The minimum Gasteiger partial charge on any atom is -0.493 e. The van der Waals surface area contributed by atoms with Crippen molar-refractivity contribution in [3.8, 4) is 22.6 Å². The smallest absolute Gasteiger partial charge is 0.355 e. The Balaban J connectivity index is 0.989. The summed E-state index contributed by atoms with van der Waals surface area (Å²) >= 11 is 0. The maximum atomic E-state index is 13.1. The number of methoxy groups -OCH3 is 1. The Morgan fingerprint density at radius 1 is 0.904 bits per heavy atom. The van der Waals surface area contributed by atoms with Crippen molar-refractivity contribution < 1.29 is 33.4 Å². The fourth-order valence-electron chi connectivity index (χ4n) is 6.30. The van der Waals surface area contributed by atoms with E-state index in [1.165, 1.54) is 7.11 Å². The number of aryl methyl sites for hydroxylation is 2. The molecule has 0 saturated carbocycles.